The molecular weight excluding hydrogens is 398 g/mol. The highest BCUT2D eigenvalue weighted by atomic mass is 16.2. The lowest BCUT2D eigenvalue weighted by atomic mass is 9.99. The Labute approximate surface area is 189 Å². The summed E-state index contributed by atoms with van der Waals surface area (Å²) in [4.78, 5) is 26.7. The van der Waals surface area contributed by atoms with Crippen LogP contribution in [0.25, 0.3) is 0 Å². The molecule has 0 aromatic heterocycles. The third-order valence-electron chi connectivity index (χ3n) is 5.98. The molecule has 0 saturated heterocycles. The topological polar surface area (TPSA) is 61.4 Å². The first-order valence-electron chi connectivity index (χ1n) is 11.1. The van der Waals surface area contributed by atoms with Crippen molar-refractivity contribution < 1.29 is 9.59 Å². The normalized spacial score (nSPS) is 13.7. The number of nitrogens with zero attached hydrogens (tertiary/aromatic N) is 1. The zero-order valence-electron chi connectivity index (χ0n) is 18.4. The predicted molar refractivity (Wildman–Crippen MR) is 127 cm³/mol. The molecule has 32 heavy (non-hydrogen) atoms. The molecule has 0 fully saturated rings. The van der Waals surface area contributed by atoms with Gasteiger partial charge in [0.15, 0.2) is 0 Å². The Balaban J connectivity index is 1.23. The average Bonchev–Trinajstić information content (AvgIpc) is 2.84. The van der Waals surface area contributed by atoms with Crippen molar-refractivity contribution in [3.05, 3.63) is 101 Å². The van der Waals surface area contributed by atoms with Crippen LogP contribution in [0.15, 0.2) is 78.9 Å². The van der Waals surface area contributed by atoms with Gasteiger partial charge in [-0.25, -0.2) is 0 Å². The molecule has 0 spiro atoms. The van der Waals surface area contributed by atoms with E-state index in [1.54, 1.807) is 0 Å². The maximum Gasteiger partial charge on any atom is 0.309 e. The summed E-state index contributed by atoms with van der Waals surface area (Å²) in [5, 5.41) is 5.45. The predicted octanol–water partition coefficient (Wildman–Crippen LogP) is 3.79. The van der Waals surface area contributed by atoms with Crippen LogP contribution >= 0.6 is 0 Å². The molecule has 164 valence electrons. The van der Waals surface area contributed by atoms with Gasteiger partial charge in [-0.1, -0.05) is 66.7 Å². The Morgan fingerprint density at radius 3 is 2.31 bits per heavy atom. The number of rotatable bonds is 6. The molecule has 1 heterocycles. The van der Waals surface area contributed by atoms with E-state index in [1.807, 2.05) is 37.3 Å². The van der Waals surface area contributed by atoms with Gasteiger partial charge in [-0.2, -0.15) is 0 Å². The summed E-state index contributed by atoms with van der Waals surface area (Å²) in [7, 11) is 0. The lowest BCUT2D eigenvalue weighted by Crippen LogP contribution is -2.41. The number of benzene rings is 3. The Hall–Kier alpha value is -3.60. The minimum absolute atomic E-state index is 0.219. The molecular formula is C27H29N3O2. The molecule has 1 aliphatic heterocycles. The van der Waals surface area contributed by atoms with E-state index >= 15 is 0 Å². The van der Waals surface area contributed by atoms with Crippen LogP contribution in [0.2, 0.25) is 0 Å². The fraction of sp³-hybridized carbons (Fsp3) is 0.259. The van der Waals surface area contributed by atoms with Gasteiger partial charge in [-0.3, -0.25) is 9.59 Å². The number of fused-ring (bicyclic) bond motifs is 1. The molecule has 5 nitrogen and oxygen atoms in total. The third-order valence-corrected chi connectivity index (χ3v) is 5.98. The Morgan fingerprint density at radius 1 is 0.875 bits per heavy atom. The minimum Gasteiger partial charge on any atom is -0.367 e. The molecule has 5 heteroatoms. The molecule has 2 N–H and O–H groups in total. The maximum absolute atomic E-state index is 12.1. The lowest BCUT2D eigenvalue weighted by molar-refractivity contribution is -0.139. The second-order valence-electron chi connectivity index (χ2n) is 8.22. The van der Waals surface area contributed by atoms with Crippen LogP contribution in [-0.4, -0.2) is 24.9 Å². The van der Waals surface area contributed by atoms with E-state index in [0.717, 1.165) is 30.6 Å². The van der Waals surface area contributed by atoms with Crippen LogP contribution in [0.5, 0.6) is 0 Å². The Morgan fingerprint density at radius 2 is 1.56 bits per heavy atom. The van der Waals surface area contributed by atoms with Crippen LogP contribution in [0.3, 0.4) is 0 Å². The van der Waals surface area contributed by atoms with E-state index in [-0.39, 0.29) is 6.04 Å². The highest BCUT2D eigenvalue weighted by molar-refractivity contribution is 6.35. The van der Waals surface area contributed by atoms with Crippen molar-refractivity contribution >= 4 is 17.5 Å². The standard InChI is InChI=1S/C27H29N3O2/c1-20(22-7-3-2-4-8-22)29-27(32)26(31)28-17-15-21-11-13-25(14-12-21)30-18-16-23-9-5-6-10-24(23)19-30/h2-14,20H,15-19H2,1H3,(H,28,31)(H,29,32). The first-order chi connectivity index (χ1) is 15.6. The second kappa shape index (κ2) is 10.1. The summed E-state index contributed by atoms with van der Waals surface area (Å²) >= 11 is 0. The van der Waals surface area contributed by atoms with Crippen molar-refractivity contribution in [3.63, 3.8) is 0 Å². The number of amides is 2. The van der Waals surface area contributed by atoms with Crippen LogP contribution in [0.4, 0.5) is 5.69 Å². The van der Waals surface area contributed by atoms with Gasteiger partial charge in [0.05, 0.1) is 6.04 Å². The van der Waals surface area contributed by atoms with E-state index in [1.165, 1.54) is 16.8 Å². The minimum atomic E-state index is -0.609. The van der Waals surface area contributed by atoms with Crippen molar-refractivity contribution in [2.75, 3.05) is 18.0 Å². The van der Waals surface area contributed by atoms with E-state index < -0.39 is 11.8 Å². The van der Waals surface area contributed by atoms with Crippen LogP contribution < -0.4 is 15.5 Å². The molecule has 4 rings (SSSR count). The molecule has 2 amide bonds. The van der Waals surface area contributed by atoms with E-state index in [9.17, 15) is 9.59 Å². The summed E-state index contributed by atoms with van der Waals surface area (Å²) in [6, 6.07) is 26.5. The van der Waals surface area contributed by atoms with Crippen molar-refractivity contribution in [1.82, 2.24) is 10.6 Å². The number of hydrogen-bond acceptors (Lipinski definition) is 3. The molecule has 1 aliphatic rings. The number of hydrogen-bond donors (Lipinski definition) is 2. The van der Waals surface area contributed by atoms with Gasteiger partial charge in [0.25, 0.3) is 0 Å². The van der Waals surface area contributed by atoms with Gasteiger partial charge in [0.1, 0.15) is 0 Å². The summed E-state index contributed by atoms with van der Waals surface area (Å²) in [5.41, 5.74) is 6.14. The first kappa shape index (κ1) is 21.6. The van der Waals surface area contributed by atoms with Gasteiger partial charge in [0, 0.05) is 25.3 Å². The average molecular weight is 428 g/mol. The Bertz CT molecular complexity index is 1060. The van der Waals surface area contributed by atoms with Gasteiger partial charge < -0.3 is 15.5 Å². The second-order valence-corrected chi connectivity index (χ2v) is 8.22. The van der Waals surface area contributed by atoms with Gasteiger partial charge in [-0.15, -0.1) is 0 Å². The monoisotopic (exact) mass is 427 g/mol. The molecule has 1 atom stereocenters. The van der Waals surface area contributed by atoms with Crippen LogP contribution in [0, 0.1) is 0 Å². The van der Waals surface area contributed by atoms with Gasteiger partial charge in [-0.05, 0) is 54.2 Å². The zero-order valence-corrected chi connectivity index (χ0v) is 18.4. The molecule has 3 aromatic rings. The number of carbonyl (C=O) groups excluding carboxylic acids is 2. The van der Waals surface area contributed by atoms with Crippen molar-refractivity contribution in [2.45, 2.75) is 32.4 Å². The van der Waals surface area contributed by atoms with Gasteiger partial charge >= 0.3 is 11.8 Å². The van der Waals surface area contributed by atoms with Gasteiger partial charge in [0.2, 0.25) is 0 Å². The zero-order chi connectivity index (χ0) is 22.3. The van der Waals surface area contributed by atoms with Crippen molar-refractivity contribution in [2.24, 2.45) is 0 Å². The number of nitrogens with one attached hydrogen (secondary N) is 2. The third kappa shape index (κ3) is 5.35. The number of carbonyl (C=O) groups is 2. The van der Waals surface area contributed by atoms with Crippen molar-refractivity contribution in [1.29, 1.82) is 0 Å². The molecule has 0 saturated carbocycles. The van der Waals surface area contributed by atoms with Crippen molar-refractivity contribution in [3.8, 4) is 0 Å². The molecule has 0 radical (unpaired) electrons. The summed E-state index contributed by atoms with van der Waals surface area (Å²) < 4.78 is 0. The maximum atomic E-state index is 12.1. The quantitative estimate of drug-likeness (QED) is 0.589. The molecule has 1 unspecified atom stereocenters. The number of anilines is 1. The fourth-order valence-corrected chi connectivity index (χ4v) is 4.08. The first-order valence-corrected chi connectivity index (χ1v) is 11.1. The molecule has 3 aromatic carbocycles. The lowest BCUT2D eigenvalue weighted by Gasteiger charge is -2.30. The molecule has 0 aliphatic carbocycles. The molecule has 0 bridgehead atoms. The summed E-state index contributed by atoms with van der Waals surface area (Å²) in [5.74, 6) is -1.21. The van der Waals surface area contributed by atoms with Crippen LogP contribution in [0.1, 0.15) is 35.2 Å². The van der Waals surface area contributed by atoms with Crippen LogP contribution in [-0.2, 0) is 29.0 Å². The largest absolute Gasteiger partial charge is 0.367 e. The summed E-state index contributed by atoms with van der Waals surface area (Å²) in [6.45, 7) is 4.23. The van der Waals surface area contributed by atoms with E-state index in [0.29, 0.717) is 13.0 Å². The van der Waals surface area contributed by atoms with E-state index in [4.69, 9.17) is 0 Å². The summed E-state index contributed by atoms with van der Waals surface area (Å²) in [6.07, 6.45) is 1.74. The van der Waals surface area contributed by atoms with E-state index in [2.05, 4.69) is 64.1 Å². The Kier molecular flexibility index (Phi) is 6.85. The fourth-order valence-electron chi connectivity index (χ4n) is 4.08. The smallest absolute Gasteiger partial charge is 0.309 e. The highest BCUT2D eigenvalue weighted by Gasteiger charge is 2.17. The highest BCUT2D eigenvalue weighted by Crippen LogP contribution is 2.24. The SMILES string of the molecule is CC(NC(=O)C(=O)NCCc1ccc(N2CCc3ccccc3C2)cc1)c1ccccc1.